The Hall–Kier alpha value is -0.870. The summed E-state index contributed by atoms with van der Waals surface area (Å²) in [5.74, 6) is 0.661. The lowest BCUT2D eigenvalue weighted by atomic mass is 9.88. The van der Waals surface area contributed by atoms with Crippen molar-refractivity contribution in [3.63, 3.8) is 0 Å². The Kier molecular flexibility index (Phi) is 3.61. The first kappa shape index (κ1) is 11.6. The lowest BCUT2D eigenvalue weighted by Crippen LogP contribution is -2.48. The molecule has 1 aromatic rings. The molecule has 0 spiro atoms. The minimum absolute atomic E-state index is 0.0740. The van der Waals surface area contributed by atoms with Crippen LogP contribution < -0.4 is 10.6 Å². The van der Waals surface area contributed by atoms with Crippen LogP contribution in [0.5, 0.6) is 0 Å². The molecule has 2 N–H and O–H groups in total. The number of benzene rings is 1. The second kappa shape index (κ2) is 4.97. The fourth-order valence-corrected chi connectivity index (χ4v) is 1.93. The third-order valence-electron chi connectivity index (χ3n) is 3.05. The van der Waals surface area contributed by atoms with E-state index in [1.165, 1.54) is 0 Å². The number of nitrogens with one attached hydrogen (secondary N) is 2. The van der Waals surface area contributed by atoms with Crippen LogP contribution in [0.4, 0.5) is 5.69 Å². The average molecular weight is 283 g/mol. The third-order valence-corrected chi connectivity index (χ3v) is 3.57. The fourth-order valence-electron chi connectivity index (χ4n) is 1.67. The Balaban J connectivity index is 1.93. The van der Waals surface area contributed by atoms with Gasteiger partial charge >= 0.3 is 0 Å². The van der Waals surface area contributed by atoms with Crippen molar-refractivity contribution in [3.05, 3.63) is 28.7 Å². The van der Waals surface area contributed by atoms with E-state index in [1.807, 2.05) is 31.2 Å². The molecule has 3 nitrogen and oxygen atoms in total. The number of anilines is 1. The molecule has 1 saturated heterocycles. The van der Waals surface area contributed by atoms with Gasteiger partial charge in [-0.15, -0.1) is 0 Å². The molecule has 4 heteroatoms. The Morgan fingerprint density at radius 3 is 2.56 bits per heavy atom. The zero-order valence-electron chi connectivity index (χ0n) is 9.16. The zero-order chi connectivity index (χ0) is 11.5. The van der Waals surface area contributed by atoms with Gasteiger partial charge in [-0.25, -0.2) is 0 Å². The number of halogens is 1. The molecular weight excluding hydrogens is 268 g/mol. The maximum Gasteiger partial charge on any atom is 0.227 e. The molecule has 0 aliphatic carbocycles. The summed E-state index contributed by atoms with van der Waals surface area (Å²) >= 11 is 3.36. The van der Waals surface area contributed by atoms with Crippen LogP contribution in [-0.2, 0) is 4.79 Å². The standard InChI is InChI=1S/C12H15BrN2O/c1-8(9-6-14-7-9)12(16)15-11-4-2-10(13)3-5-11/h2-5,8-9,14H,6-7H2,1H3,(H,15,16). The summed E-state index contributed by atoms with van der Waals surface area (Å²) in [7, 11) is 0. The smallest absolute Gasteiger partial charge is 0.227 e. The van der Waals surface area contributed by atoms with Crippen molar-refractivity contribution in [2.24, 2.45) is 11.8 Å². The van der Waals surface area contributed by atoms with Crippen molar-refractivity contribution in [1.29, 1.82) is 0 Å². The van der Waals surface area contributed by atoms with Crippen LogP contribution >= 0.6 is 15.9 Å². The Morgan fingerprint density at radius 2 is 2.06 bits per heavy atom. The van der Waals surface area contributed by atoms with Gasteiger partial charge in [0.05, 0.1) is 0 Å². The fraction of sp³-hybridized carbons (Fsp3) is 0.417. The minimum Gasteiger partial charge on any atom is -0.326 e. The molecule has 0 saturated carbocycles. The lowest BCUT2D eigenvalue weighted by Gasteiger charge is -2.31. The van der Waals surface area contributed by atoms with Gasteiger partial charge in [-0.1, -0.05) is 22.9 Å². The molecule has 0 aromatic heterocycles. The molecule has 86 valence electrons. The highest BCUT2D eigenvalue weighted by Gasteiger charge is 2.28. The van der Waals surface area contributed by atoms with Crippen LogP contribution in [0.3, 0.4) is 0 Å². The van der Waals surface area contributed by atoms with E-state index in [2.05, 4.69) is 26.6 Å². The topological polar surface area (TPSA) is 41.1 Å². The molecule has 1 unspecified atom stereocenters. The number of hydrogen-bond acceptors (Lipinski definition) is 2. The van der Waals surface area contributed by atoms with E-state index in [9.17, 15) is 4.79 Å². The highest BCUT2D eigenvalue weighted by Crippen LogP contribution is 2.19. The van der Waals surface area contributed by atoms with E-state index in [0.717, 1.165) is 23.2 Å². The molecular formula is C12H15BrN2O. The second-order valence-electron chi connectivity index (χ2n) is 4.20. The van der Waals surface area contributed by atoms with Gasteiger partial charge in [0, 0.05) is 16.1 Å². The Morgan fingerprint density at radius 1 is 1.44 bits per heavy atom. The summed E-state index contributed by atoms with van der Waals surface area (Å²) in [4.78, 5) is 11.9. The van der Waals surface area contributed by atoms with Crippen LogP contribution in [0, 0.1) is 11.8 Å². The largest absolute Gasteiger partial charge is 0.326 e. The van der Waals surface area contributed by atoms with Gasteiger partial charge in [0.15, 0.2) is 0 Å². The van der Waals surface area contributed by atoms with E-state index in [4.69, 9.17) is 0 Å². The summed E-state index contributed by atoms with van der Waals surface area (Å²) in [5, 5.41) is 6.11. The van der Waals surface area contributed by atoms with E-state index >= 15 is 0 Å². The number of hydrogen-bond donors (Lipinski definition) is 2. The molecule has 1 amide bonds. The molecule has 2 rings (SSSR count). The van der Waals surface area contributed by atoms with Crippen molar-refractivity contribution in [3.8, 4) is 0 Å². The van der Waals surface area contributed by atoms with Crippen molar-refractivity contribution >= 4 is 27.5 Å². The summed E-state index contributed by atoms with van der Waals surface area (Å²) < 4.78 is 1.02. The minimum atomic E-state index is 0.0740. The predicted molar refractivity (Wildman–Crippen MR) is 68.3 cm³/mol. The first-order valence-corrected chi connectivity index (χ1v) is 6.23. The maximum atomic E-state index is 11.9. The summed E-state index contributed by atoms with van der Waals surface area (Å²) in [5.41, 5.74) is 0.854. The van der Waals surface area contributed by atoms with Crippen molar-refractivity contribution in [1.82, 2.24) is 5.32 Å². The van der Waals surface area contributed by atoms with Crippen LogP contribution in [0.2, 0.25) is 0 Å². The van der Waals surface area contributed by atoms with Gasteiger partial charge in [-0.2, -0.15) is 0 Å². The number of carbonyl (C=O) groups is 1. The number of rotatable bonds is 3. The van der Waals surface area contributed by atoms with Gasteiger partial charge in [0.2, 0.25) is 5.91 Å². The quantitative estimate of drug-likeness (QED) is 0.893. The molecule has 1 aliphatic heterocycles. The van der Waals surface area contributed by atoms with E-state index in [0.29, 0.717) is 5.92 Å². The first-order valence-electron chi connectivity index (χ1n) is 5.44. The maximum absolute atomic E-state index is 11.9. The monoisotopic (exact) mass is 282 g/mol. The Bertz CT molecular complexity index is 373. The second-order valence-corrected chi connectivity index (χ2v) is 5.12. The molecule has 16 heavy (non-hydrogen) atoms. The van der Waals surface area contributed by atoms with Gasteiger partial charge in [-0.3, -0.25) is 4.79 Å². The molecule has 0 radical (unpaired) electrons. The number of carbonyl (C=O) groups excluding carboxylic acids is 1. The lowest BCUT2D eigenvalue weighted by molar-refractivity contribution is -0.121. The molecule has 1 aromatic carbocycles. The van der Waals surface area contributed by atoms with E-state index < -0.39 is 0 Å². The van der Waals surface area contributed by atoms with Crippen LogP contribution in [0.25, 0.3) is 0 Å². The van der Waals surface area contributed by atoms with Gasteiger partial charge in [-0.05, 0) is 43.3 Å². The molecule has 1 heterocycles. The summed E-state index contributed by atoms with van der Waals surface area (Å²) in [6.07, 6.45) is 0. The van der Waals surface area contributed by atoms with Crippen molar-refractivity contribution in [2.45, 2.75) is 6.92 Å². The van der Waals surface area contributed by atoms with Crippen LogP contribution in [0.1, 0.15) is 6.92 Å². The van der Waals surface area contributed by atoms with Gasteiger partial charge in [0.25, 0.3) is 0 Å². The predicted octanol–water partition coefficient (Wildman–Crippen LogP) is 2.24. The van der Waals surface area contributed by atoms with E-state index in [-0.39, 0.29) is 11.8 Å². The number of amides is 1. The SMILES string of the molecule is CC(C(=O)Nc1ccc(Br)cc1)C1CNC1. The summed E-state index contributed by atoms with van der Waals surface area (Å²) in [6, 6.07) is 7.64. The molecule has 1 fully saturated rings. The highest BCUT2D eigenvalue weighted by atomic mass is 79.9. The van der Waals surface area contributed by atoms with Crippen molar-refractivity contribution < 1.29 is 4.79 Å². The molecule has 0 bridgehead atoms. The molecule has 1 atom stereocenters. The normalized spacial score (nSPS) is 17.6. The van der Waals surface area contributed by atoms with Gasteiger partial charge < -0.3 is 10.6 Å². The van der Waals surface area contributed by atoms with Crippen LogP contribution in [-0.4, -0.2) is 19.0 Å². The van der Waals surface area contributed by atoms with Crippen molar-refractivity contribution in [2.75, 3.05) is 18.4 Å². The average Bonchev–Trinajstić information content (AvgIpc) is 2.19. The van der Waals surface area contributed by atoms with Gasteiger partial charge in [0.1, 0.15) is 0 Å². The first-order chi connectivity index (χ1) is 7.66. The molecule has 1 aliphatic rings. The Labute approximate surface area is 104 Å². The highest BCUT2D eigenvalue weighted by molar-refractivity contribution is 9.10. The third kappa shape index (κ3) is 2.62. The van der Waals surface area contributed by atoms with Crippen LogP contribution in [0.15, 0.2) is 28.7 Å². The van der Waals surface area contributed by atoms with E-state index in [1.54, 1.807) is 0 Å². The summed E-state index contributed by atoms with van der Waals surface area (Å²) in [6.45, 7) is 3.89. The zero-order valence-corrected chi connectivity index (χ0v) is 10.8.